The molecule has 124 valence electrons. The molecule has 0 spiro atoms. The molecule has 24 heavy (non-hydrogen) atoms. The Labute approximate surface area is 142 Å². The van der Waals surface area contributed by atoms with Crippen molar-refractivity contribution < 1.29 is 4.79 Å². The second kappa shape index (κ2) is 6.71. The predicted molar refractivity (Wildman–Crippen MR) is 93.0 cm³/mol. The van der Waals surface area contributed by atoms with Gasteiger partial charge in [0, 0.05) is 43.2 Å². The number of likely N-dealkylation sites (tertiary alicyclic amines) is 1. The van der Waals surface area contributed by atoms with E-state index in [1.165, 1.54) is 24.0 Å². The Balaban J connectivity index is 1.51. The summed E-state index contributed by atoms with van der Waals surface area (Å²) < 4.78 is 0. The van der Waals surface area contributed by atoms with Crippen LogP contribution in [-0.2, 0) is 12.8 Å². The number of rotatable bonds is 2. The maximum absolute atomic E-state index is 13.0. The molecule has 1 aliphatic carbocycles. The smallest absolute Gasteiger partial charge is 0.253 e. The van der Waals surface area contributed by atoms with Crippen LogP contribution >= 0.6 is 0 Å². The first-order valence-corrected chi connectivity index (χ1v) is 8.98. The zero-order valence-electron chi connectivity index (χ0n) is 13.9. The van der Waals surface area contributed by atoms with E-state index in [1.54, 1.807) is 12.4 Å². The Morgan fingerprint density at radius 1 is 1.08 bits per heavy atom. The van der Waals surface area contributed by atoms with Crippen molar-refractivity contribution in [3.8, 4) is 0 Å². The predicted octanol–water partition coefficient (Wildman–Crippen LogP) is 3.38. The number of aromatic nitrogens is 2. The number of carbonyl (C=O) groups excluding carboxylic acids is 1. The van der Waals surface area contributed by atoms with E-state index in [0.29, 0.717) is 5.92 Å². The number of benzene rings is 1. The number of amides is 1. The van der Waals surface area contributed by atoms with Crippen molar-refractivity contribution in [3.05, 3.63) is 59.2 Å². The fraction of sp³-hybridized carbons (Fsp3) is 0.450. The summed E-state index contributed by atoms with van der Waals surface area (Å²) in [4.78, 5) is 23.5. The topological polar surface area (TPSA) is 46.1 Å². The van der Waals surface area contributed by atoms with Gasteiger partial charge in [-0.15, -0.1) is 0 Å². The second-order valence-corrected chi connectivity index (χ2v) is 6.91. The summed E-state index contributed by atoms with van der Waals surface area (Å²) in [5, 5.41) is 0. The molecule has 0 radical (unpaired) electrons. The number of hydrogen-bond donors (Lipinski definition) is 0. The standard InChI is InChI=1S/C20H23N3O/c24-20(17-8-7-15-4-1-2-5-16(15)12-17)23-11-3-6-18(14-23)19-13-21-9-10-22-19/h7-10,12-13,18H,1-6,11,14H2/t18-/m0/s1. The van der Waals surface area contributed by atoms with E-state index >= 15 is 0 Å². The summed E-state index contributed by atoms with van der Waals surface area (Å²) >= 11 is 0. The molecule has 2 aliphatic rings. The molecule has 0 unspecified atom stereocenters. The molecule has 4 rings (SSSR count). The van der Waals surface area contributed by atoms with Crippen molar-refractivity contribution in [2.75, 3.05) is 13.1 Å². The van der Waals surface area contributed by atoms with Crippen molar-refractivity contribution in [1.82, 2.24) is 14.9 Å². The van der Waals surface area contributed by atoms with E-state index in [1.807, 2.05) is 17.2 Å². The molecule has 1 saturated heterocycles. The molecule has 1 amide bonds. The van der Waals surface area contributed by atoms with Gasteiger partial charge in [0.2, 0.25) is 0 Å². The van der Waals surface area contributed by atoms with Gasteiger partial charge in [0.25, 0.3) is 5.91 Å². The van der Waals surface area contributed by atoms with Gasteiger partial charge in [-0.2, -0.15) is 0 Å². The van der Waals surface area contributed by atoms with Gasteiger partial charge in [-0.05, 0) is 61.8 Å². The summed E-state index contributed by atoms with van der Waals surface area (Å²) in [6, 6.07) is 6.30. The third kappa shape index (κ3) is 3.05. The molecule has 2 heterocycles. The summed E-state index contributed by atoms with van der Waals surface area (Å²) in [5.41, 5.74) is 4.64. The van der Waals surface area contributed by atoms with E-state index in [2.05, 4.69) is 22.1 Å². The van der Waals surface area contributed by atoms with Crippen molar-refractivity contribution in [3.63, 3.8) is 0 Å². The summed E-state index contributed by atoms with van der Waals surface area (Å²) in [6.45, 7) is 1.58. The van der Waals surface area contributed by atoms with E-state index in [4.69, 9.17) is 0 Å². The van der Waals surface area contributed by atoms with Crippen LogP contribution in [-0.4, -0.2) is 33.9 Å². The highest BCUT2D eigenvalue weighted by Crippen LogP contribution is 2.27. The van der Waals surface area contributed by atoms with Crippen LogP contribution in [0.4, 0.5) is 0 Å². The monoisotopic (exact) mass is 321 g/mol. The maximum Gasteiger partial charge on any atom is 0.253 e. The van der Waals surface area contributed by atoms with E-state index in [-0.39, 0.29) is 5.91 Å². The SMILES string of the molecule is O=C(c1ccc2c(c1)CCCC2)N1CCC[C@H](c2cnccn2)C1. The fourth-order valence-electron chi connectivity index (χ4n) is 3.97. The minimum atomic E-state index is 0.164. The van der Waals surface area contributed by atoms with Crippen LogP contribution < -0.4 is 0 Å². The number of nitrogens with zero attached hydrogens (tertiary/aromatic N) is 3. The first-order valence-electron chi connectivity index (χ1n) is 8.98. The first-order chi connectivity index (χ1) is 11.8. The molecule has 0 saturated carbocycles. The number of hydrogen-bond acceptors (Lipinski definition) is 3. The normalized spacial score (nSPS) is 20.5. The molecule has 1 aromatic heterocycles. The fourth-order valence-corrected chi connectivity index (χ4v) is 3.97. The highest BCUT2D eigenvalue weighted by atomic mass is 16.2. The van der Waals surface area contributed by atoms with Crippen LogP contribution in [0.5, 0.6) is 0 Å². The zero-order valence-corrected chi connectivity index (χ0v) is 13.9. The Bertz CT molecular complexity index is 729. The van der Waals surface area contributed by atoms with Gasteiger partial charge in [0.1, 0.15) is 0 Å². The van der Waals surface area contributed by atoms with Gasteiger partial charge in [0.15, 0.2) is 0 Å². The lowest BCUT2D eigenvalue weighted by Gasteiger charge is -2.32. The molecule has 1 fully saturated rings. The van der Waals surface area contributed by atoms with Crippen LogP contribution in [0.1, 0.15) is 58.8 Å². The Morgan fingerprint density at radius 2 is 1.96 bits per heavy atom. The van der Waals surface area contributed by atoms with Crippen LogP contribution in [0.25, 0.3) is 0 Å². The molecule has 1 aromatic carbocycles. The van der Waals surface area contributed by atoms with Crippen molar-refractivity contribution in [2.45, 2.75) is 44.4 Å². The van der Waals surface area contributed by atoms with Crippen molar-refractivity contribution in [2.24, 2.45) is 0 Å². The second-order valence-electron chi connectivity index (χ2n) is 6.91. The average molecular weight is 321 g/mol. The molecule has 4 nitrogen and oxygen atoms in total. The number of fused-ring (bicyclic) bond motifs is 1. The maximum atomic E-state index is 13.0. The zero-order chi connectivity index (χ0) is 16.4. The van der Waals surface area contributed by atoms with E-state index < -0.39 is 0 Å². The lowest BCUT2D eigenvalue weighted by molar-refractivity contribution is 0.0705. The number of piperidine rings is 1. The van der Waals surface area contributed by atoms with Crippen molar-refractivity contribution >= 4 is 5.91 Å². The molecule has 2 aromatic rings. The molecule has 0 bridgehead atoms. The lowest BCUT2D eigenvalue weighted by atomic mass is 9.90. The largest absolute Gasteiger partial charge is 0.338 e. The Morgan fingerprint density at radius 3 is 2.79 bits per heavy atom. The minimum Gasteiger partial charge on any atom is -0.338 e. The molecule has 4 heteroatoms. The van der Waals surface area contributed by atoms with Crippen molar-refractivity contribution in [1.29, 1.82) is 0 Å². The first kappa shape index (κ1) is 15.3. The van der Waals surface area contributed by atoms with Crippen LogP contribution in [0, 0.1) is 0 Å². The minimum absolute atomic E-state index is 0.164. The molecular formula is C20H23N3O. The number of aryl methyl sites for hydroxylation is 2. The summed E-state index contributed by atoms with van der Waals surface area (Å²) in [6.07, 6.45) is 12.1. The van der Waals surface area contributed by atoms with Gasteiger partial charge >= 0.3 is 0 Å². The van der Waals surface area contributed by atoms with Gasteiger partial charge in [-0.25, -0.2) is 0 Å². The van der Waals surface area contributed by atoms with Crippen LogP contribution in [0.3, 0.4) is 0 Å². The quantitative estimate of drug-likeness (QED) is 0.852. The Kier molecular flexibility index (Phi) is 4.28. The molecule has 1 atom stereocenters. The third-order valence-corrected chi connectivity index (χ3v) is 5.31. The van der Waals surface area contributed by atoms with E-state index in [0.717, 1.165) is 50.0 Å². The molecule has 1 aliphatic heterocycles. The average Bonchev–Trinajstić information content (AvgIpc) is 2.68. The highest BCUT2D eigenvalue weighted by Gasteiger charge is 2.26. The van der Waals surface area contributed by atoms with Crippen LogP contribution in [0.2, 0.25) is 0 Å². The molecular weight excluding hydrogens is 298 g/mol. The summed E-state index contributed by atoms with van der Waals surface area (Å²) in [5.74, 6) is 0.464. The van der Waals surface area contributed by atoms with Gasteiger partial charge in [-0.1, -0.05) is 6.07 Å². The number of carbonyl (C=O) groups is 1. The third-order valence-electron chi connectivity index (χ3n) is 5.31. The van der Waals surface area contributed by atoms with Gasteiger partial charge < -0.3 is 4.90 Å². The van der Waals surface area contributed by atoms with Gasteiger partial charge in [0.05, 0.1) is 5.69 Å². The lowest BCUT2D eigenvalue weighted by Crippen LogP contribution is -2.39. The van der Waals surface area contributed by atoms with Crippen LogP contribution in [0.15, 0.2) is 36.8 Å². The van der Waals surface area contributed by atoms with Gasteiger partial charge in [-0.3, -0.25) is 14.8 Å². The van der Waals surface area contributed by atoms with E-state index in [9.17, 15) is 4.79 Å². The highest BCUT2D eigenvalue weighted by molar-refractivity contribution is 5.94. The summed E-state index contributed by atoms with van der Waals surface area (Å²) in [7, 11) is 0. The molecule has 0 N–H and O–H groups in total. The Hall–Kier alpha value is -2.23.